The number of aliphatic carboxylic acids is 1. The summed E-state index contributed by atoms with van der Waals surface area (Å²) in [5.41, 5.74) is 4.41. The monoisotopic (exact) mass is 702 g/mol. The summed E-state index contributed by atoms with van der Waals surface area (Å²) < 4.78 is 5.61. The van der Waals surface area contributed by atoms with Crippen molar-refractivity contribution >= 4 is 69.0 Å². The third kappa shape index (κ3) is 6.54. The van der Waals surface area contributed by atoms with Gasteiger partial charge in [-0.15, -0.1) is 11.3 Å². The number of allylic oxidation sites excluding steroid dienone is 1. The van der Waals surface area contributed by atoms with Crippen molar-refractivity contribution < 1.29 is 14.5 Å². The van der Waals surface area contributed by atoms with E-state index >= 15 is 0 Å². The molecule has 49 heavy (non-hydrogen) atoms. The van der Waals surface area contributed by atoms with Crippen molar-refractivity contribution in [3.05, 3.63) is 133 Å². The maximum atomic E-state index is 13.8. The standard InChI is InChI=1S/C40H35N3O3S3/c1-3-41-31-22-21-27-14-11-12-19-30(27)39(31)48-33(41)24-23-32-40(46)42(4-2)34(47-32)26-35-43(25-13-20-36(44)45)37(28-15-7-5-8-16-28)38(49-35)29-17-9-6-10-18-29/h5-12,14-19,21-24,26H,3-4,13,20,25H2,1-2H3/p+1/b32-23+,33-24?. The van der Waals surface area contributed by atoms with Gasteiger partial charge in [-0.25, -0.2) is 0 Å². The van der Waals surface area contributed by atoms with E-state index in [0.717, 1.165) is 42.9 Å². The van der Waals surface area contributed by atoms with E-state index < -0.39 is 5.97 Å². The van der Waals surface area contributed by atoms with Crippen LogP contribution in [-0.2, 0) is 17.9 Å². The third-order valence-electron chi connectivity index (χ3n) is 8.63. The average molecular weight is 703 g/mol. The van der Waals surface area contributed by atoms with E-state index in [-0.39, 0.29) is 12.0 Å². The number of fused-ring (bicyclic) bond motifs is 3. The van der Waals surface area contributed by atoms with Crippen molar-refractivity contribution in [3.8, 4) is 21.7 Å². The Bertz CT molecular complexity index is 2370. The number of thioether (sulfide) groups is 1. The van der Waals surface area contributed by atoms with Crippen LogP contribution in [0.1, 0.15) is 31.7 Å². The van der Waals surface area contributed by atoms with Gasteiger partial charge in [0.15, 0.2) is 6.54 Å². The van der Waals surface area contributed by atoms with Gasteiger partial charge in [-0.3, -0.25) is 14.2 Å². The molecule has 2 aromatic heterocycles. The van der Waals surface area contributed by atoms with Gasteiger partial charge in [0.1, 0.15) is 9.54 Å². The summed E-state index contributed by atoms with van der Waals surface area (Å²) in [6.45, 7) is 6.06. The number of carboxylic acids is 1. The quantitative estimate of drug-likeness (QED) is 0.148. The lowest BCUT2D eigenvalue weighted by atomic mass is 10.1. The maximum absolute atomic E-state index is 13.8. The summed E-state index contributed by atoms with van der Waals surface area (Å²) in [6, 6.07) is 33.4. The van der Waals surface area contributed by atoms with Gasteiger partial charge in [-0.2, -0.15) is 4.57 Å². The smallest absolute Gasteiger partial charge is 0.303 e. The third-order valence-corrected chi connectivity index (χ3v) is 12.1. The maximum Gasteiger partial charge on any atom is 0.303 e. The number of hydrogen-bond acceptors (Lipinski definition) is 6. The van der Waals surface area contributed by atoms with Crippen molar-refractivity contribution in [1.82, 2.24) is 4.57 Å². The van der Waals surface area contributed by atoms with Crippen LogP contribution in [0.2, 0.25) is 0 Å². The lowest BCUT2D eigenvalue weighted by Crippen LogP contribution is -2.38. The van der Waals surface area contributed by atoms with Gasteiger partial charge in [0.2, 0.25) is 5.69 Å². The summed E-state index contributed by atoms with van der Waals surface area (Å²) in [6.07, 6.45) is 6.73. The Labute approximate surface area is 297 Å². The Hall–Kier alpha value is -4.70. The predicted octanol–water partition coefficient (Wildman–Crippen LogP) is 7.71. The fourth-order valence-electron chi connectivity index (χ4n) is 6.32. The highest BCUT2D eigenvalue weighted by Gasteiger charge is 2.28. The predicted molar refractivity (Wildman–Crippen MR) is 205 cm³/mol. The highest BCUT2D eigenvalue weighted by molar-refractivity contribution is 8.04. The summed E-state index contributed by atoms with van der Waals surface area (Å²) in [5.74, 6) is -0.809. The molecule has 6 nitrogen and oxygen atoms in total. The minimum atomic E-state index is -0.809. The summed E-state index contributed by atoms with van der Waals surface area (Å²) in [4.78, 5) is 30.0. The van der Waals surface area contributed by atoms with Crippen molar-refractivity contribution in [3.63, 3.8) is 0 Å². The van der Waals surface area contributed by atoms with E-state index in [1.54, 1.807) is 23.1 Å². The average Bonchev–Trinajstić information content (AvgIpc) is 3.78. The number of thiazole rings is 2. The molecule has 3 heterocycles. The van der Waals surface area contributed by atoms with Crippen molar-refractivity contribution in [1.29, 1.82) is 0 Å². The Balaban J connectivity index is 1.36. The minimum absolute atomic E-state index is 0.00911. The molecule has 1 N–H and O–H groups in total. The van der Waals surface area contributed by atoms with E-state index in [1.165, 1.54) is 32.7 Å². The molecule has 0 radical (unpaired) electrons. The lowest BCUT2D eigenvalue weighted by Gasteiger charge is -2.17. The van der Waals surface area contributed by atoms with Crippen molar-refractivity contribution in [2.24, 2.45) is 0 Å². The van der Waals surface area contributed by atoms with Gasteiger partial charge < -0.3 is 10.0 Å². The highest BCUT2D eigenvalue weighted by Crippen LogP contribution is 2.49. The molecule has 9 heteroatoms. The summed E-state index contributed by atoms with van der Waals surface area (Å²) >= 11 is 4.92. The molecule has 0 fully saturated rings. The van der Waals surface area contributed by atoms with Crippen molar-refractivity contribution in [2.45, 2.75) is 44.7 Å². The van der Waals surface area contributed by atoms with Crippen LogP contribution in [0, 0.1) is 0 Å². The molecule has 0 unspecified atom stereocenters. The molecule has 0 saturated heterocycles. The highest BCUT2D eigenvalue weighted by atomic mass is 32.2. The van der Waals surface area contributed by atoms with Crippen LogP contribution < -0.4 is 24.2 Å². The molecule has 1 aliphatic heterocycles. The van der Waals surface area contributed by atoms with Crippen LogP contribution in [0.5, 0.6) is 0 Å². The van der Waals surface area contributed by atoms with E-state index in [0.29, 0.717) is 24.0 Å². The van der Waals surface area contributed by atoms with Gasteiger partial charge in [-0.1, -0.05) is 102 Å². The number of benzene rings is 4. The first-order valence-corrected chi connectivity index (χ1v) is 18.9. The Morgan fingerprint density at radius 1 is 0.837 bits per heavy atom. The van der Waals surface area contributed by atoms with E-state index in [4.69, 9.17) is 0 Å². The SMILES string of the molecule is CCN1C(=C/C=c2/sc(=Cc3sc(-c4ccccc4)c(-c4ccccc4)[n+]3CCCC(=O)O)n(CC)c2=O)Sc2c1ccc1ccccc21. The van der Waals surface area contributed by atoms with Gasteiger partial charge in [-0.05, 0) is 60.5 Å². The van der Waals surface area contributed by atoms with Gasteiger partial charge in [0.25, 0.3) is 10.6 Å². The Kier molecular flexibility index (Phi) is 9.66. The van der Waals surface area contributed by atoms with Gasteiger partial charge in [0.05, 0.1) is 27.7 Å². The molecule has 246 valence electrons. The number of nitrogens with zero attached hydrogens (tertiary/aromatic N) is 3. The number of carbonyl (C=O) groups is 1. The fourth-order valence-corrected chi connectivity index (χ4v) is 9.95. The Morgan fingerprint density at radius 3 is 2.27 bits per heavy atom. The van der Waals surface area contributed by atoms with Crippen LogP contribution in [0.25, 0.3) is 44.6 Å². The number of aromatic nitrogens is 2. The van der Waals surface area contributed by atoms with Crippen LogP contribution in [0.4, 0.5) is 5.69 Å². The molecule has 1 aliphatic rings. The molecule has 0 spiro atoms. The minimum Gasteiger partial charge on any atom is -0.481 e. The second-order valence-corrected chi connectivity index (χ2v) is 14.8. The van der Waals surface area contributed by atoms with Crippen LogP contribution >= 0.6 is 34.4 Å². The number of anilines is 1. The fraction of sp³-hybridized carbons (Fsp3) is 0.175. The number of hydrogen-bond donors (Lipinski definition) is 1. The van der Waals surface area contributed by atoms with Gasteiger partial charge >= 0.3 is 5.97 Å². The summed E-state index contributed by atoms with van der Waals surface area (Å²) in [7, 11) is 0. The molecule has 0 amide bonds. The van der Waals surface area contributed by atoms with Crippen LogP contribution in [0.3, 0.4) is 0 Å². The van der Waals surface area contributed by atoms with Crippen LogP contribution in [0.15, 0.2) is 118 Å². The number of carboxylic acid groups (broad SMARTS) is 1. The molecule has 0 atom stereocenters. The molecule has 7 rings (SSSR count). The molecule has 0 aliphatic carbocycles. The Morgan fingerprint density at radius 2 is 1.55 bits per heavy atom. The largest absolute Gasteiger partial charge is 0.481 e. The second-order valence-electron chi connectivity index (χ2n) is 11.7. The van der Waals surface area contributed by atoms with E-state index in [2.05, 4.69) is 89.2 Å². The normalized spacial score (nSPS) is 14.3. The first-order valence-electron chi connectivity index (χ1n) is 16.5. The lowest BCUT2D eigenvalue weighted by molar-refractivity contribution is -0.683. The van der Waals surface area contributed by atoms with Crippen molar-refractivity contribution in [2.75, 3.05) is 11.4 Å². The molecular weight excluding hydrogens is 667 g/mol. The molecular formula is C40H36N3O3S3+. The zero-order valence-corrected chi connectivity index (χ0v) is 29.8. The zero-order valence-electron chi connectivity index (χ0n) is 27.3. The van der Waals surface area contributed by atoms with E-state index in [9.17, 15) is 14.7 Å². The van der Waals surface area contributed by atoms with Gasteiger partial charge in [0, 0.05) is 30.0 Å². The molecule has 0 bridgehead atoms. The first kappa shape index (κ1) is 32.8. The molecule has 4 aromatic carbocycles. The van der Waals surface area contributed by atoms with E-state index in [1.807, 2.05) is 54.0 Å². The first-order chi connectivity index (χ1) is 24.0. The molecule has 0 saturated carbocycles. The molecule has 6 aromatic rings. The topological polar surface area (TPSA) is 66.4 Å². The summed E-state index contributed by atoms with van der Waals surface area (Å²) in [5, 5.41) is 14.0. The van der Waals surface area contributed by atoms with Crippen LogP contribution in [-0.4, -0.2) is 22.2 Å². The number of rotatable bonds is 10. The second kappa shape index (κ2) is 14.4. The zero-order chi connectivity index (χ0) is 33.9.